The van der Waals surface area contributed by atoms with E-state index in [0.717, 1.165) is 16.8 Å². The van der Waals surface area contributed by atoms with E-state index in [-0.39, 0.29) is 6.09 Å². The quantitative estimate of drug-likeness (QED) is 0.816. The van der Waals surface area contributed by atoms with Gasteiger partial charge < -0.3 is 14.4 Å². The largest absolute Gasteiger partial charge is 0.444 e. The van der Waals surface area contributed by atoms with E-state index in [0.29, 0.717) is 19.7 Å². The van der Waals surface area contributed by atoms with Crippen molar-refractivity contribution in [3.05, 3.63) is 16.4 Å². The maximum absolute atomic E-state index is 12.3. The van der Waals surface area contributed by atoms with Crippen LogP contribution in [0.25, 0.3) is 0 Å². The maximum Gasteiger partial charge on any atom is 0.410 e. The van der Waals surface area contributed by atoms with Crippen molar-refractivity contribution in [1.29, 1.82) is 0 Å². The summed E-state index contributed by atoms with van der Waals surface area (Å²) >= 11 is 3.40. The molecule has 1 atom stereocenters. The lowest BCUT2D eigenvalue weighted by Crippen LogP contribution is -2.48. The Morgan fingerprint density at radius 3 is 2.86 bits per heavy atom. The van der Waals surface area contributed by atoms with Gasteiger partial charge >= 0.3 is 6.09 Å². The number of aromatic nitrogens is 2. The van der Waals surface area contributed by atoms with E-state index in [1.807, 2.05) is 45.4 Å². The van der Waals surface area contributed by atoms with Crippen LogP contribution >= 0.6 is 15.9 Å². The van der Waals surface area contributed by atoms with Crippen molar-refractivity contribution in [1.82, 2.24) is 14.7 Å². The summed E-state index contributed by atoms with van der Waals surface area (Å²) in [5.41, 5.74) is -0.138. The molecule has 7 heteroatoms. The second-order valence-corrected chi connectivity index (χ2v) is 7.46. The van der Waals surface area contributed by atoms with Crippen LogP contribution in [0, 0.1) is 0 Å². The number of carbonyl (C=O) groups excluding carboxylic acids is 1. The zero-order chi connectivity index (χ0) is 16.5. The normalized spacial score (nSPS) is 21.4. The third-order valence-electron chi connectivity index (χ3n) is 3.54. The summed E-state index contributed by atoms with van der Waals surface area (Å²) in [7, 11) is 0. The molecule has 0 N–H and O–H groups in total. The highest BCUT2D eigenvalue weighted by Crippen LogP contribution is 2.32. The highest BCUT2D eigenvalue weighted by molar-refractivity contribution is 9.10. The van der Waals surface area contributed by atoms with Crippen LogP contribution in [0.3, 0.4) is 0 Å². The van der Waals surface area contributed by atoms with Crippen molar-refractivity contribution in [2.75, 3.05) is 19.7 Å². The fourth-order valence-electron chi connectivity index (χ4n) is 2.54. The lowest BCUT2D eigenvalue weighted by molar-refractivity contribution is -0.0859. The fourth-order valence-corrected chi connectivity index (χ4v) is 2.94. The molecule has 1 amide bonds. The van der Waals surface area contributed by atoms with E-state index in [9.17, 15) is 4.79 Å². The molecule has 1 aromatic heterocycles. The van der Waals surface area contributed by atoms with Crippen LogP contribution in [-0.4, -0.2) is 46.1 Å². The van der Waals surface area contributed by atoms with Crippen LogP contribution in [0.1, 0.15) is 40.3 Å². The maximum atomic E-state index is 12.3. The molecule has 124 valence electrons. The zero-order valence-electron chi connectivity index (χ0n) is 13.9. The molecule has 0 saturated heterocycles. The number of nitrogens with zero attached hydrogens (tertiary/aromatic N) is 3. The topological polar surface area (TPSA) is 56.6 Å². The molecule has 0 aromatic carbocycles. The molecule has 0 spiro atoms. The molecular formula is C15H24BrN3O3. The Bertz CT molecular complexity index is 553. The fraction of sp³-hybridized carbons (Fsp3) is 0.733. The van der Waals surface area contributed by atoms with Crippen molar-refractivity contribution in [2.45, 2.75) is 52.4 Å². The van der Waals surface area contributed by atoms with E-state index >= 15 is 0 Å². The first-order valence-corrected chi connectivity index (χ1v) is 8.29. The van der Waals surface area contributed by atoms with Gasteiger partial charge in [0.25, 0.3) is 0 Å². The highest BCUT2D eigenvalue weighted by atomic mass is 79.9. The molecule has 0 saturated carbocycles. The van der Waals surface area contributed by atoms with E-state index in [1.54, 1.807) is 4.90 Å². The Hall–Kier alpha value is -1.08. The molecule has 1 aliphatic rings. The molecule has 6 nitrogen and oxygen atoms in total. The van der Waals surface area contributed by atoms with Crippen molar-refractivity contribution in [2.24, 2.45) is 0 Å². The van der Waals surface area contributed by atoms with Crippen LogP contribution in [-0.2, 0) is 21.6 Å². The van der Waals surface area contributed by atoms with Crippen molar-refractivity contribution in [3.63, 3.8) is 0 Å². The molecule has 0 bridgehead atoms. The van der Waals surface area contributed by atoms with Gasteiger partial charge in [-0.15, -0.1) is 0 Å². The monoisotopic (exact) mass is 373 g/mol. The third kappa shape index (κ3) is 3.81. The summed E-state index contributed by atoms with van der Waals surface area (Å²) in [6, 6.07) is 1.95. The van der Waals surface area contributed by atoms with E-state index in [2.05, 4.69) is 21.0 Å². The predicted molar refractivity (Wildman–Crippen MR) is 86.7 cm³/mol. The first-order chi connectivity index (χ1) is 10.1. The number of halogens is 1. The minimum absolute atomic E-state index is 0.324. The molecule has 0 radical (unpaired) electrons. The van der Waals surface area contributed by atoms with Gasteiger partial charge in [-0.05, 0) is 56.6 Å². The van der Waals surface area contributed by atoms with Crippen LogP contribution in [0.4, 0.5) is 4.79 Å². The highest BCUT2D eigenvalue weighted by Gasteiger charge is 2.38. The smallest absolute Gasteiger partial charge is 0.410 e. The second-order valence-electron chi connectivity index (χ2n) is 6.65. The number of likely N-dealkylation sites (N-methyl/N-ethyl adjacent to an activating group) is 1. The SMILES string of the molecule is CCN(C[C@@]1(C)OCCn2nc(Br)cc21)C(=O)OC(C)(C)C. The summed E-state index contributed by atoms with van der Waals surface area (Å²) in [4.78, 5) is 14.0. The van der Waals surface area contributed by atoms with Gasteiger partial charge in [-0.1, -0.05) is 0 Å². The number of ether oxygens (including phenoxy) is 2. The zero-order valence-corrected chi connectivity index (χ0v) is 15.4. The average Bonchev–Trinajstić information content (AvgIpc) is 2.76. The Morgan fingerprint density at radius 1 is 1.59 bits per heavy atom. The predicted octanol–water partition coefficient (Wildman–Crippen LogP) is 3.15. The number of hydrogen-bond acceptors (Lipinski definition) is 4. The van der Waals surface area contributed by atoms with E-state index in [4.69, 9.17) is 9.47 Å². The molecule has 1 aromatic rings. The van der Waals surface area contributed by atoms with Crippen LogP contribution in [0.2, 0.25) is 0 Å². The van der Waals surface area contributed by atoms with Gasteiger partial charge in [0.1, 0.15) is 15.8 Å². The van der Waals surface area contributed by atoms with Crippen LogP contribution in [0.15, 0.2) is 10.7 Å². The molecule has 0 aliphatic carbocycles. The second kappa shape index (κ2) is 6.20. The standard InChI is InChI=1S/C15H24BrN3O3/c1-6-18(13(20)22-14(2,3)4)10-15(5)11-9-12(16)17-19(11)7-8-21-15/h9H,6-8,10H2,1-5H3/t15-/m1/s1. The summed E-state index contributed by atoms with van der Waals surface area (Å²) in [6.45, 7) is 11.8. The lowest BCUT2D eigenvalue weighted by atomic mass is 10.00. The molecule has 0 fully saturated rings. The number of amides is 1. The first kappa shape index (κ1) is 17.3. The van der Waals surface area contributed by atoms with E-state index < -0.39 is 11.2 Å². The summed E-state index contributed by atoms with van der Waals surface area (Å²) in [5, 5.41) is 4.40. The number of fused-ring (bicyclic) bond motifs is 1. The summed E-state index contributed by atoms with van der Waals surface area (Å²) < 4.78 is 14.2. The minimum atomic E-state index is -0.593. The molecule has 2 rings (SSSR count). The molecule has 2 heterocycles. The molecule has 0 unspecified atom stereocenters. The Labute approximate surface area is 139 Å². The van der Waals surface area contributed by atoms with Gasteiger partial charge in [-0.3, -0.25) is 4.68 Å². The van der Waals surface area contributed by atoms with Gasteiger partial charge in [0, 0.05) is 6.54 Å². The average molecular weight is 374 g/mol. The third-order valence-corrected chi connectivity index (χ3v) is 3.93. The Balaban J connectivity index is 2.19. The van der Waals surface area contributed by atoms with Gasteiger partial charge in [-0.25, -0.2) is 4.79 Å². The number of carbonyl (C=O) groups is 1. The van der Waals surface area contributed by atoms with Crippen molar-refractivity contribution >= 4 is 22.0 Å². The number of hydrogen-bond donors (Lipinski definition) is 0. The van der Waals surface area contributed by atoms with Gasteiger partial charge in [0.05, 0.1) is 25.4 Å². The molecule has 22 heavy (non-hydrogen) atoms. The number of rotatable bonds is 3. The molecular weight excluding hydrogens is 350 g/mol. The lowest BCUT2D eigenvalue weighted by Gasteiger charge is -2.38. The van der Waals surface area contributed by atoms with Crippen molar-refractivity contribution in [3.8, 4) is 0 Å². The molecule has 1 aliphatic heterocycles. The van der Waals surface area contributed by atoms with Gasteiger partial charge in [0.15, 0.2) is 0 Å². The van der Waals surface area contributed by atoms with E-state index in [1.165, 1.54) is 0 Å². The van der Waals surface area contributed by atoms with Crippen LogP contribution in [0.5, 0.6) is 0 Å². The van der Waals surface area contributed by atoms with Crippen LogP contribution < -0.4 is 0 Å². The first-order valence-electron chi connectivity index (χ1n) is 7.50. The van der Waals surface area contributed by atoms with Gasteiger partial charge in [-0.2, -0.15) is 5.10 Å². The van der Waals surface area contributed by atoms with Crippen molar-refractivity contribution < 1.29 is 14.3 Å². The minimum Gasteiger partial charge on any atom is -0.444 e. The Morgan fingerprint density at radius 2 is 2.27 bits per heavy atom. The van der Waals surface area contributed by atoms with Gasteiger partial charge in [0.2, 0.25) is 0 Å². The summed E-state index contributed by atoms with van der Waals surface area (Å²) in [6.07, 6.45) is -0.324. The Kier molecular flexibility index (Phi) is 4.87. The summed E-state index contributed by atoms with van der Waals surface area (Å²) in [5.74, 6) is 0.